The van der Waals surface area contributed by atoms with Crippen LogP contribution in [0.5, 0.6) is 0 Å². The van der Waals surface area contributed by atoms with Crippen molar-refractivity contribution in [3.8, 4) is 0 Å². The van der Waals surface area contributed by atoms with Crippen LogP contribution in [0.2, 0.25) is 0 Å². The van der Waals surface area contributed by atoms with Gasteiger partial charge < -0.3 is 29.5 Å². The van der Waals surface area contributed by atoms with Crippen LogP contribution in [0.25, 0.3) is 0 Å². The molecule has 6 heteroatoms. The topological polar surface area (TPSA) is 88.4 Å². The highest BCUT2D eigenvalue weighted by Crippen LogP contribution is 2.28. The molecule has 1 saturated heterocycles. The van der Waals surface area contributed by atoms with Gasteiger partial charge in [0.25, 0.3) is 0 Å². The molecule has 0 unspecified atom stereocenters. The summed E-state index contributed by atoms with van der Waals surface area (Å²) >= 11 is 0. The van der Waals surface area contributed by atoms with Crippen molar-refractivity contribution in [2.45, 2.75) is 43.9 Å². The fraction of sp³-hybridized carbons (Fsp3) is 0.400. The molecule has 2 aromatic carbocycles. The van der Waals surface area contributed by atoms with E-state index < -0.39 is 37.3 Å². The lowest BCUT2D eigenvalue weighted by Crippen LogP contribution is -2.41. The van der Waals surface area contributed by atoms with Gasteiger partial charge in [-0.05, 0) is 11.1 Å². The van der Waals surface area contributed by atoms with E-state index in [9.17, 15) is 15.3 Å². The van der Waals surface area contributed by atoms with Crippen LogP contribution in [-0.4, -0.2) is 52.6 Å². The van der Waals surface area contributed by atoms with Crippen LogP contribution in [0.3, 0.4) is 0 Å². The Hall–Kier alpha value is -1.80. The second-order valence-corrected chi connectivity index (χ2v) is 6.27. The summed E-state index contributed by atoms with van der Waals surface area (Å²) in [4.78, 5) is 0. The fourth-order valence-electron chi connectivity index (χ4n) is 2.91. The fourth-order valence-corrected chi connectivity index (χ4v) is 2.91. The first-order valence-electron chi connectivity index (χ1n) is 8.62. The van der Waals surface area contributed by atoms with Crippen LogP contribution in [0.1, 0.15) is 11.1 Å². The molecule has 1 heterocycles. The number of rotatable bonds is 8. The number of hydrogen-bond donors (Lipinski definition) is 3. The first-order chi connectivity index (χ1) is 12.7. The molecule has 3 N–H and O–H groups in total. The highest BCUT2D eigenvalue weighted by atomic mass is 16.7. The predicted molar refractivity (Wildman–Crippen MR) is 94.0 cm³/mol. The summed E-state index contributed by atoms with van der Waals surface area (Å²) in [5.41, 5.74) is 1.91. The first kappa shape index (κ1) is 19.0. The van der Waals surface area contributed by atoms with Crippen LogP contribution in [0.15, 0.2) is 60.7 Å². The van der Waals surface area contributed by atoms with E-state index in [-0.39, 0.29) is 13.2 Å². The first-order valence-corrected chi connectivity index (χ1v) is 8.62. The van der Waals surface area contributed by atoms with Gasteiger partial charge in [-0.3, -0.25) is 0 Å². The van der Waals surface area contributed by atoms with E-state index in [0.717, 1.165) is 11.1 Å². The van der Waals surface area contributed by atoms with Crippen molar-refractivity contribution >= 4 is 0 Å². The molecule has 0 saturated carbocycles. The van der Waals surface area contributed by atoms with Gasteiger partial charge in [-0.1, -0.05) is 60.7 Å². The summed E-state index contributed by atoms with van der Waals surface area (Å²) in [5.74, 6) is 0. The maximum atomic E-state index is 10.5. The molecule has 0 bridgehead atoms. The minimum Gasteiger partial charge on any atom is -0.394 e. The molecular weight excluding hydrogens is 336 g/mol. The van der Waals surface area contributed by atoms with Gasteiger partial charge in [-0.2, -0.15) is 0 Å². The zero-order valence-corrected chi connectivity index (χ0v) is 14.3. The van der Waals surface area contributed by atoms with E-state index in [1.807, 2.05) is 60.7 Å². The minimum absolute atomic E-state index is 0.277. The quantitative estimate of drug-likeness (QED) is 0.656. The second-order valence-electron chi connectivity index (χ2n) is 6.27. The molecule has 0 aliphatic carbocycles. The Balaban J connectivity index is 1.66. The van der Waals surface area contributed by atoms with Crippen LogP contribution in [0, 0.1) is 0 Å². The lowest BCUT2D eigenvalue weighted by Gasteiger charge is -2.21. The van der Waals surface area contributed by atoms with E-state index in [4.69, 9.17) is 14.2 Å². The zero-order chi connectivity index (χ0) is 18.4. The number of hydrogen-bond acceptors (Lipinski definition) is 6. The molecule has 0 amide bonds. The largest absolute Gasteiger partial charge is 0.394 e. The lowest BCUT2D eigenvalue weighted by molar-refractivity contribution is -0.195. The van der Waals surface area contributed by atoms with Crippen molar-refractivity contribution in [2.24, 2.45) is 0 Å². The van der Waals surface area contributed by atoms with Gasteiger partial charge in [-0.25, -0.2) is 0 Å². The van der Waals surface area contributed by atoms with E-state index >= 15 is 0 Å². The van der Waals surface area contributed by atoms with Crippen molar-refractivity contribution in [1.82, 2.24) is 0 Å². The molecule has 140 valence electrons. The molecule has 26 heavy (non-hydrogen) atoms. The SMILES string of the molecule is OC[C@@H](O)[C@@H]1O[C@H](OCc2ccccc2)[C@@H](OCc2ccccc2)[C@@H]1O. The summed E-state index contributed by atoms with van der Waals surface area (Å²) in [6.07, 6.45) is -4.91. The highest BCUT2D eigenvalue weighted by Gasteiger charge is 2.48. The van der Waals surface area contributed by atoms with Gasteiger partial charge >= 0.3 is 0 Å². The molecule has 0 aromatic heterocycles. The second kappa shape index (κ2) is 9.23. The van der Waals surface area contributed by atoms with Crippen molar-refractivity contribution in [3.63, 3.8) is 0 Å². The number of aliphatic hydroxyl groups is 3. The summed E-state index contributed by atoms with van der Waals surface area (Å²) in [6.45, 7) is 0.0446. The van der Waals surface area contributed by atoms with Crippen molar-refractivity contribution in [2.75, 3.05) is 6.61 Å². The summed E-state index contributed by atoms with van der Waals surface area (Å²) in [6, 6.07) is 19.1. The average molecular weight is 360 g/mol. The third-order valence-electron chi connectivity index (χ3n) is 4.34. The molecule has 5 atom stereocenters. The van der Waals surface area contributed by atoms with Gasteiger partial charge in [0, 0.05) is 0 Å². The smallest absolute Gasteiger partial charge is 0.187 e. The van der Waals surface area contributed by atoms with Crippen LogP contribution in [-0.2, 0) is 27.4 Å². The normalized spacial score (nSPS) is 26.7. The maximum absolute atomic E-state index is 10.5. The molecule has 1 aliphatic heterocycles. The molecule has 0 radical (unpaired) electrons. The van der Waals surface area contributed by atoms with Crippen LogP contribution >= 0.6 is 0 Å². The Bertz CT molecular complexity index is 650. The Labute approximate surface area is 152 Å². The van der Waals surface area contributed by atoms with Crippen LogP contribution in [0.4, 0.5) is 0 Å². The maximum Gasteiger partial charge on any atom is 0.187 e. The molecule has 1 fully saturated rings. The number of ether oxygens (including phenoxy) is 3. The van der Waals surface area contributed by atoms with Gasteiger partial charge in [-0.15, -0.1) is 0 Å². The predicted octanol–water partition coefficient (Wildman–Crippen LogP) is 1.23. The highest BCUT2D eigenvalue weighted by molar-refractivity contribution is 5.14. The molecule has 2 aromatic rings. The van der Waals surface area contributed by atoms with Gasteiger partial charge in [0.2, 0.25) is 0 Å². The average Bonchev–Trinajstić information content (AvgIpc) is 3.01. The summed E-state index contributed by atoms with van der Waals surface area (Å²) in [5, 5.41) is 29.6. The van der Waals surface area contributed by atoms with E-state index in [2.05, 4.69) is 0 Å². The molecule has 6 nitrogen and oxygen atoms in total. The third kappa shape index (κ3) is 4.67. The number of aliphatic hydroxyl groups excluding tert-OH is 3. The van der Waals surface area contributed by atoms with Gasteiger partial charge in [0.05, 0.1) is 19.8 Å². The molecule has 3 rings (SSSR count). The van der Waals surface area contributed by atoms with Gasteiger partial charge in [0.15, 0.2) is 6.29 Å². The van der Waals surface area contributed by atoms with E-state index in [0.29, 0.717) is 0 Å². The van der Waals surface area contributed by atoms with Crippen LogP contribution < -0.4 is 0 Å². The monoisotopic (exact) mass is 360 g/mol. The van der Waals surface area contributed by atoms with E-state index in [1.54, 1.807) is 0 Å². The third-order valence-corrected chi connectivity index (χ3v) is 4.34. The lowest BCUT2D eigenvalue weighted by atomic mass is 10.1. The molecule has 0 spiro atoms. The van der Waals surface area contributed by atoms with Crippen molar-refractivity contribution in [1.29, 1.82) is 0 Å². The zero-order valence-electron chi connectivity index (χ0n) is 14.3. The molecular formula is C20H24O6. The van der Waals surface area contributed by atoms with Crippen molar-refractivity contribution in [3.05, 3.63) is 71.8 Å². The minimum atomic E-state index is -1.21. The van der Waals surface area contributed by atoms with Gasteiger partial charge in [0.1, 0.15) is 24.4 Å². The Morgan fingerprint density at radius 2 is 1.42 bits per heavy atom. The summed E-state index contributed by atoms with van der Waals surface area (Å²) in [7, 11) is 0. The molecule has 1 aliphatic rings. The Kier molecular flexibility index (Phi) is 6.73. The van der Waals surface area contributed by atoms with Crippen molar-refractivity contribution < 1.29 is 29.5 Å². The standard InChI is InChI=1S/C20H24O6/c21-11-16(22)18-17(23)19(24-12-14-7-3-1-4-8-14)20(26-18)25-13-15-9-5-2-6-10-15/h1-10,16-23H,11-13H2/t16-,17-,18+,19+,20+/m1/s1. The Morgan fingerprint density at radius 3 is 1.96 bits per heavy atom. The number of benzene rings is 2. The van der Waals surface area contributed by atoms with E-state index in [1.165, 1.54) is 0 Å². The summed E-state index contributed by atoms with van der Waals surface area (Å²) < 4.78 is 17.3. The Morgan fingerprint density at radius 1 is 0.885 bits per heavy atom.